The number of hydrogen-bond donors (Lipinski definition) is 0. The molecule has 1 heterocycles. The van der Waals surface area contributed by atoms with Crippen LogP contribution in [0.5, 0.6) is 0 Å². The Morgan fingerprint density at radius 3 is 2.50 bits per heavy atom. The van der Waals surface area contributed by atoms with Crippen molar-refractivity contribution in [2.45, 2.75) is 13.8 Å². The smallest absolute Gasteiger partial charge is 0.343 e. The standard InChI is InChI=1S/C15H12F3NO3/c1-4-19-6-8(15(21)22-5-2)14(20)9-7(3)10(16)11(17)12(18)13(9)19/h4,6H,1,5H2,2-3H3. The van der Waals surface area contributed by atoms with E-state index < -0.39 is 45.3 Å². The summed E-state index contributed by atoms with van der Waals surface area (Å²) in [4.78, 5) is 24.1. The van der Waals surface area contributed by atoms with E-state index >= 15 is 0 Å². The van der Waals surface area contributed by atoms with Crippen LogP contribution in [0.25, 0.3) is 17.1 Å². The first-order valence-electron chi connectivity index (χ1n) is 6.36. The second-order valence-electron chi connectivity index (χ2n) is 4.47. The molecule has 0 aliphatic carbocycles. The van der Waals surface area contributed by atoms with Gasteiger partial charge in [-0.2, -0.15) is 0 Å². The Kier molecular flexibility index (Phi) is 4.07. The summed E-state index contributed by atoms with van der Waals surface area (Å²) >= 11 is 0. The average Bonchev–Trinajstić information content (AvgIpc) is 2.50. The molecule has 0 radical (unpaired) electrons. The molecule has 2 aromatic rings. The lowest BCUT2D eigenvalue weighted by molar-refractivity contribution is 0.0524. The molecule has 0 atom stereocenters. The molecular formula is C15H12F3NO3. The fourth-order valence-corrected chi connectivity index (χ4v) is 2.18. The maximum atomic E-state index is 14.0. The number of hydrogen-bond acceptors (Lipinski definition) is 3. The van der Waals surface area contributed by atoms with Gasteiger partial charge < -0.3 is 9.30 Å². The normalized spacial score (nSPS) is 10.8. The zero-order valence-corrected chi connectivity index (χ0v) is 11.9. The van der Waals surface area contributed by atoms with E-state index in [0.29, 0.717) is 0 Å². The van der Waals surface area contributed by atoms with Crippen LogP contribution in [-0.2, 0) is 4.74 Å². The van der Waals surface area contributed by atoms with Crippen molar-refractivity contribution in [2.24, 2.45) is 0 Å². The SMILES string of the molecule is C=Cn1cc(C(=O)OCC)c(=O)c2c(C)c(F)c(F)c(F)c21. The first kappa shape index (κ1) is 15.8. The van der Waals surface area contributed by atoms with Crippen molar-refractivity contribution in [1.82, 2.24) is 4.57 Å². The van der Waals surface area contributed by atoms with E-state index in [-0.39, 0.29) is 12.2 Å². The quantitative estimate of drug-likeness (QED) is 0.647. The summed E-state index contributed by atoms with van der Waals surface area (Å²) in [6, 6.07) is 0. The van der Waals surface area contributed by atoms with Gasteiger partial charge in [-0.15, -0.1) is 0 Å². The summed E-state index contributed by atoms with van der Waals surface area (Å²) in [5.74, 6) is -5.62. The zero-order chi connectivity index (χ0) is 16.6. The second-order valence-corrected chi connectivity index (χ2v) is 4.47. The Morgan fingerprint density at radius 2 is 1.95 bits per heavy atom. The number of nitrogens with zero attached hydrogens (tertiary/aromatic N) is 1. The third kappa shape index (κ3) is 2.18. The molecule has 0 bridgehead atoms. The number of rotatable bonds is 3. The maximum Gasteiger partial charge on any atom is 0.343 e. The molecule has 0 saturated heterocycles. The summed E-state index contributed by atoms with van der Waals surface area (Å²) in [7, 11) is 0. The highest BCUT2D eigenvalue weighted by Gasteiger charge is 2.25. The van der Waals surface area contributed by atoms with Crippen molar-refractivity contribution in [3.05, 3.63) is 51.6 Å². The number of carbonyl (C=O) groups excluding carboxylic acids is 1. The van der Waals surface area contributed by atoms with Gasteiger partial charge in [0.2, 0.25) is 5.43 Å². The Bertz CT molecular complexity index is 856. The van der Waals surface area contributed by atoms with E-state index in [9.17, 15) is 22.8 Å². The van der Waals surface area contributed by atoms with Crippen LogP contribution in [-0.4, -0.2) is 17.1 Å². The minimum Gasteiger partial charge on any atom is -0.462 e. The summed E-state index contributed by atoms with van der Waals surface area (Å²) < 4.78 is 47.0. The van der Waals surface area contributed by atoms with E-state index in [2.05, 4.69) is 6.58 Å². The number of esters is 1. The molecule has 7 heteroatoms. The van der Waals surface area contributed by atoms with Crippen molar-refractivity contribution in [1.29, 1.82) is 0 Å². The topological polar surface area (TPSA) is 48.3 Å². The van der Waals surface area contributed by atoms with Gasteiger partial charge in [-0.25, -0.2) is 18.0 Å². The van der Waals surface area contributed by atoms with Crippen LogP contribution in [0.2, 0.25) is 0 Å². The van der Waals surface area contributed by atoms with E-state index in [1.54, 1.807) is 6.92 Å². The highest BCUT2D eigenvalue weighted by atomic mass is 19.2. The molecule has 0 unspecified atom stereocenters. The van der Waals surface area contributed by atoms with Gasteiger partial charge in [0.1, 0.15) is 5.56 Å². The lowest BCUT2D eigenvalue weighted by Crippen LogP contribution is -2.22. The van der Waals surface area contributed by atoms with Crippen molar-refractivity contribution in [2.75, 3.05) is 6.61 Å². The molecule has 2 rings (SSSR count). The van der Waals surface area contributed by atoms with Crippen molar-refractivity contribution in [3.63, 3.8) is 0 Å². The number of ether oxygens (including phenoxy) is 1. The van der Waals surface area contributed by atoms with Crippen LogP contribution >= 0.6 is 0 Å². The largest absolute Gasteiger partial charge is 0.462 e. The van der Waals surface area contributed by atoms with Gasteiger partial charge in [0.05, 0.1) is 17.5 Å². The van der Waals surface area contributed by atoms with E-state index in [0.717, 1.165) is 23.9 Å². The van der Waals surface area contributed by atoms with Gasteiger partial charge in [0.25, 0.3) is 0 Å². The molecule has 0 amide bonds. The summed E-state index contributed by atoms with van der Waals surface area (Å²) in [5, 5.41) is -0.429. The van der Waals surface area contributed by atoms with Crippen LogP contribution in [0.15, 0.2) is 17.6 Å². The Balaban J connectivity index is 3.04. The first-order chi connectivity index (χ1) is 10.3. The van der Waals surface area contributed by atoms with Gasteiger partial charge in [0, 0.05) is 18.0 Å². The van der Waals surface area contributed by atoms with Crippen LogP contribution in [0, 0.1) is 24.4 Å². The third-order valence-corrected chi connectivity index (χ3v) is 3.22. The third-order valence-electron chi connectivity index (χ3n) is 3.22. The first-order valence-corrected chi connectivity index (χ1v) is 6.36. The number of halogens is 3. The predicted octanol–water partition coefficient (Wildman–Crippen LogP) is 3.00. The second kappa shape index (κ2) is 5.67. The molecule has 22 heavy (non-hydrogen) atoms. The summed E-state index contributed by atoms with van der Waals surface area (Å²) in [6.07, 6.45) is 2.06. The number of benzene rings is 1. The molecule has 0 fully saturated rings. The van der Waals surface area contributed by atoms with Gasteiger partial charge in [0.15, 0.2) is 17.5 Å². The highest BCUT2D eigenvalue weighted by molar-refractivity contribution is 5.95. The lowest BCUT2D eigenvalue weighted by Gasteiger charge is -2.13. The Hall–Kier alpha value is -2.57. The van der Waals surface area contributed by atoms with Crippen LogP contribution in [0.1, 0.15) is 22.8 Å². The van der Waals surface area contributed by atoms with E-state index in [1.165, 1.54) is 0 Å². The molecule has 1 aromatic carbocycles. The number of aryl methyl sites for hydroxylation is 1. The Labute approximate surface area is 123 Å². The molecular weight excluding hydrogens is 299 g/mol. The number of carbonyl (C=O) groups is 1. The van der Waals surface area contributed by atoms with Crippen LogP contribution < -0.4 is 5.43 Å². The zero-order valence-electron chi connectivity index (χ0n) is 11.9. The lowest BCUT2D eigenvalue weighted by atomic mass is 10.0. The van der Waals surface area contributed by atoms with Gasteiger partial charge in [-0.05, 0) is 13.8 Å². The molecule has 0 N–H and O–H groups in total. The molecule has 0 aliphatic heterocycles. The molecule has 0 aliphatic rings. The fourth-order valence-electron chi connectivity index (χ4n) is 2.18. The molecule has 1 aromatic heterocycles. The van der Waals surface area contributed by atoms with E-state index in [1.807, 2.05) is 0 Å². The molecule has 4 nitrogen and oxygen atoms in total. The highest BCUT2D eigenvalue weighted by Crippen LogP contribution is 2.26. The molecule has 0 saturated carbocycles. The summed E-state index contributed by atoms with van der Waals surface area (Å²) in [5.41, 5.74) is -2.21. The predicted molar refractivity (Wildman–Crippen MR) is 75.2 cm³/mol. The van der Waals surface area contributed by atoms with Crippen LogP contribution in [0.3, 0.4) is 0 Å². The number of aromatic nitrogens is 1. The molecule has 116 valence electrons. The van der Waals surface area contributed by atoms with Crippen LogP contribution in [0.4, 0.5) is 13.2 Å². The van der Waals surface area contributed by atoms with Gasteiger partial charge in [-0.1, -0.05) is 6.58 Å². The van der Waals surface area contributed by atoms with E-state index in [4.69, 9.17) is 4.74 Å². The monoisotopic (exact) mass is 311 g/mol. The average molecular weight is 311 g/mol. The fraction of sp³-hybridized carbons (Fsp3) is 0.200. The van der Waals surface area contributed by atoms with Crippen molar-refractivity contribution in [3.8, 4) is 0 Å². The number of pyridine rings is 1. The number of fused-ring (bicyclic) bond motifs is 1. The molecule has 0 spiro atoms. The minimum absolute atomic E-state index is 0.0233. The van der Waals surface area contributed by atoms with Crippen molar-refractivity contribution >= 4 is 23.1 Å². The van der Waals surface area contributed by atoms with Gasteiger partial charge >= 0.3 is 5.97 Å². The van der Waals surface area contributed by atoms with Gasteiger partial charge in [-0.3, -0.25) is 4.79 Å². The maximum absolute atomic E-state index is 14.0. The summed E-state index contributed by atoms with van der Waals surface area (Å²) in [6.45, 7) is 6.10. The minimum atomic E-state index is -1.69. The van der Waals surface area contributed by atoms with Crippen molar-refractivity contribution < 1.29 is 22.7 Å². The Morgan fingerprint density at radius 1 is 1.32 bits per heavy atom.